The molecule has 2 fully saturated rings. The van der Waals surface area contributed by atoms with Gasteiger partial charge in [-0.15, -0.1) is 0 Å². The van der Waals surface area contributed by atoms with E-state index >= 15 is 0 Å². The fourth-order valence-electron chi connectivity index (χ4n) is 2.46. The molecule has 2 heterocycles. The molecule has 2 aliphatic rings. The van der Waals surface area contributed by atoms with Crippen molar-refractivity contribution in [1.82, 2.24) is 5.32 Å². The van der Waals surface area contributed by atoms with Gasteiger partial charge in [-0.05, 0) is 30.5 Å². The molecule has 2 saturated heterocycles. The van der Waals surface area contributed by atoms with Gasteiger partial charge in [-0.1, -0.05) is 12.1 Å². The molecule has 0 aliphatic carbocycles. The van der Waals surface area contributed by atoms with Gasteiger partial charge in [0.05, 0.1) is 6.04 Å². The number of carbonyl (C=O) groups is 1. The van der Waals surface area contributed by atoms with Gasteiger partial charge in [0.25, 0.3) is 0 Å². The highest BCUT2D eigenvalue weighted by atomic mass is 16.6. The molecule has 17 heavy (non-hydrogen) atoms. The molecule has 0 aromatic heterocycles. The molecule has 0 bridgehead atoms. The first kappa shape index (κ1) is 10.4. The second-order valence-corrected chi connectivity index (χ2v) is 4.58. The number of cyclic esters (lactones) is 1. The SMILES string of the molecule is O=C1NC(c2ccc(N3CCCC3)cc2)CO1. The first-order chi connectivity index (χ1) is 8.33. The number of carbonyl (C=O) groups excluding carboxylic acids is 1. The van der Waals surface area contributed by atoms with Crippen molar-refractivity contribution in [3.05, 3.63) is 29.8 Å². The summed E-state index contributed by atoms with van der Waals surface area (Å²) in [5.74, 6) is 0. The Bertz CT molecular complexity index is 410. The lowest BCUT2D eigenvalue weighted by Crippen LogP contribution is -2.19. The van der Waals surface area contributed by atoms with Crippen molar-refractivity contribution in [2.24, 2.45) is 0 Å². The van der Waals surface area contributed by atoms with Crippen molar-refractivity contribution in [3.63, 3.8) is 0 Å². The Kier molecular flexibility index (Phi) is 2.63. The maximum absolute atomic E-state index is 11.0. The Morgan fingerprint density at radius 3 is 2.47 bits per heavy atom. The van der Waals surface area contributed by atoms with E-state index in [1.807, 2.05) is 0 Å². The summed E-state index contributed by atoms with van der Waals surface area (Å²) in [6, 6.07) is 8.42. The van der Waals surface area contributed by atoms with Crippen molar-refractivity contribution in [3.8, 4) is 0 Å². The molecular weight excluding hydrogens is 216 g/mol. The van der Waals surface area contributed by atoms with Crippen molar-refractivity contribution >= 4 is 11.8 Å². The molecule has 0 radical (unpaired) electrons. The Hall–Kier alpha value is -1.71. The topological polar surface area (TPSA) is 41.6 Å². The number of nitrogens with zero attached hydrogens (tertiary/aromatic N) is 1. The first-order valence-corrected chi connectivity index (χ1v) is 6.11. The summed E-state index contributed by atoms with van der Waals surface area (Å²) in [6.45, 7) is 2.74. The van der Waals surface area contributed by atoms with Crippen LogP contribution in [0, 0.1) is 0 Å². The molecular formula is C13H16N2O2. The number of rotatable bonds is 2. The monoisotopic (exact) mass is 232 g/mol. The van der Waals surface area contributed by atoms with Gasteiger partial charge in [-0.25, -0.2) is 4.79 Å². The van der Waals surface area contributed by atoms with E-state index in [-0.39, 0.29) is 12.1 Å². The fourth-order valence-corrected chi connectivity index (χ4v) is 2.46. The van der Waals surface area contributed by atoms with Crippen molar-refractivity contribution in [2.75, 3.05) is 24.6 Å². The Labute approximate surface area is 101 Å². The molecule has 3 rings (SSSR count). The van der Waals surface area contributed by atoms with Gasteiger partial charge in [0.1, 0.15) is 6.61 Å². The molecule has 4 nitrogen and oxygen atoms in total. The summed E-state index contributed by atoms with van der Waals surface area (Å²) in [5.41, 5.74) is 2.38. The van der Waals surface area contributed by atoms with Gasteiger partial charge in [0, 0.05) is 18.8 Å². The maximum atomic E-state index is 11.0. The number of nitrogens with one attached hydrogen (secondary N) is 1. The average Bonchev–Trinajstić information content (AvgIpc) is 3.00. The van der Waals surface area contributed by atoms with Crippen LogP contribution < -0.4 is 10.2 Å². The number of amides is 1. The Balaban J connectivity index is 1.73. The lowest BCUT2D eigenvalue weighted by atomic mass is 10.1. The number of ether oxygens (including phenoxy) is 1. The van der Waals surface area contributed by atoms with E-state index in [9.17, 15) is 4.79 Å². The van der Waals surface area contributed by atoms with Crippen LogP contribution in [-0.2, 0) is 4.74 Å². The summed E-state index contributed by atoms with van der Waals surface area (Å²) in [7, 11) is 0. The van der Waals surface area contributed by atoms with E-state index < -0.39 is 0 Å². The minimum Gasteiger partial charge on any atom is -0.447 e. The van der Waals surface area contributed by atoms with Gasteiger partial charge in [-0.3, -0.25) is 0 Å². The quantitative estimate of drug-likeness (QED) is 0.848. The summed E-state index contributed by atoms with van der Waals surface area (Å²) >= 11 is 0. The van der Waals surface area contributed by atoms with Crippen LogP contribution >= 0.6 is 0 Å². The van der Waals surface area contributed by atoms with Gasteiger partial charge in [0.15, 0.2) is 0 Å². The van der Waals surface area contributed by atoms with E-state index in [0.29, 0.717) is 6.61 Å². The third-order valence-electron chi connectivity index (χ3n) is 3.44. The lowest BCUT2D eigenvalue weighted by Gasteiger charge is -2.18. The van der Waals surface area contributed by atoms with Crippen molar-refractivity contribution in [1.29, 1.82) is 0 Å². The van der Waals surface area contributed by atoms with E-state index in [4.69, 9.17) is 4.74 Å². The van der Waals surface area contributed by atoms with Crippen LogP contribution in [0.2, 0.25) is 0 Å². The van der Waals surface area contributed by atoms with Crippen LogP contribution in [0.1, 0.15) is 24.4 Å². The largest absolute Gasteiger partial charge is 0.447 e. The summed E-state index contributed by atoms with van der Waals surface area (Å²) in [6.07, 6.45) is 2.25. The number of benzene rings is 1. The van der Waals surface area contributed by atoms with Crippen LogP contribution in [0.3, 0.4) is 0 Å². The molecule has 0 saturated carbocycles. The molecule has 1 aromatic rings. The van der Waals surface area contributed by atoms with E-state index in [0.717, 1.165) is 18.7 Å². The van der Waals surface area contributed by atoms with E-state index in [2.05, 4.69) is 34.5 Å². The van der Waals surface area contributed by atoms with Crippen LogP contribution in [0.5, 0.6) is 0 Å². The molecule has 90 valence electrons. The third-order valence-corrected chi connectivity index (χ3v) is 3.44. The van der Waals surface area contributed by atoms with Crippen LogP contribution in [0.25, 0.3) is 0 Å². The van der Waals surface area contributed by atoms with Crippen molar-refractivity contribution < 1.29 is 9.53 Å². The standard InChI is InChI=1S/C13H16N2O2/c16-13-14-12(9-17-13)10-3-5-11(6-4-10)15-7-1-2-8-15/h3-6,12H,1-2,7-9H2,(H,14,16). The molecule has 1 aromatic carbocycles. The highest BCUT2D eigenvalue weighted by molar-refractivity contribution is 5.70. The number of alkyl carbamates (subject to hydrolysis) is 1. The minimum atomic E-state index is -0.321. The molecule has 1 amide bonds. The van der Waals surface area contributed by atoms with Crippen molar-refractivity contribution in [2.45, 2.75) is 18.9 Å². The average molecular weight is 232 g/mol. The molecule has 2 aliphatic heterocycles. The molecule has 4 heteroatoms. The zero-order valence-corrected chi connectivity index (χ0v) is 9.69. The lowest BCUT2D eigenvalue weighted by molar-refractivity contribution is 0.177. The normalized spacial score (nSPS) is 23.6. The summed E-state index contributed by atoms with van der Waals surface area (Å²) in [4.78, 5) is 13.4. The first-order valence-electron chi connectivity index (χ1n) is 6.11. The summed E-state index contributed by atoms with van der Waals surface area (Å²) in [5, 5.41) is 2.78. The summed E-state index contributed by atoms with van der Waals surface area (Å²) < 4.78 is 4.89. The molecule has 1 unspecified atom stereocenters. The second kappa shape index (κ2) is 4.28. The van der Waals surface area contributed by atoms with Gasteiger partial charge in [0.2, 0.25) is 0 Å². The second-order valence-electron chi connectivity index (χ2n) is 4.58. The van der Waals surface area contributed by atoms with E-state index in [1.165, 1.54) is 18.5 Å². The Morgan fingerprint density at radius 1 is 1.18 bits per heavy atom. The van der Waals surface area contributed by atoms with Gasteiger partial charge >= 0.3 is 6.09 Å². The maximum Gasteiger partial charge on any atom is 0.407 e. The van der Waals surface area contributed by atoms with Gasteiger partial charge in [-0.2, -0.15) is 0 Å². The Morgan fingerprint density at radius 2 is 1.88 bits per heavy atom. The molecule has 1 atom stereocenters. The smallest absolute Gasteiger partial charge is 0.407 e. The van der Waals surface area contributed by atoms with E-state index in [1.54, 1.807) is 0 Å². The molecule has 1 N–H and O–H groups in total. The van der Waals surface area contributed by atoms with Crippen LogP contribution in [0.4, 0.5) is 10.5 Å². The highest BCUT2D eigenvalue weighted by Gasteiger charge is 2.23. The highest BCUT2D eigenvalue weighted by Crippen LogP contribution is 2.24. The van der Waals surface area contributed by atoms with Gasteiger partial charge < -0.3 is 15.0 Å². The molecule has 0 spiro atoms. The predicted octanol–water partition coefficient (Wildman–Crippen LogP) is 2.07. The number of hydrogen-bond acceptors (Lipinski definition) is 3. The zero-order chi connectivity index (χ0) is 11.7. The predicted molar refractivity (Wildman–Crippen MR) is 65.1 cm³/mol. The fraction of sp³-hybridized carbons (Fsp3) is 0.462. The van der Waals surface area contributed by atoms with Crippen LogP contribution in [0.15, 0.2) is 24.3 Å². The number of hydrogen-bond donors (Lipinski definition) is 1. The minimum absolute atomic E-state index is 0.00938. The third kappa shape index (κ3) is 2.07. The van der Waals surface area contributed by atoms with Crippen LogP contribution in [-0.4, -0.2) is 25.8 Å². The zero-order valence-electron chi connectivity index (χ0n) is 9.69. The number of anilines is 1.